The third kappa shape index (κ3) is 4.00. The maximum absolute atomic E-state index is 12.4. The number of piperidine rings is 1. The van der Waals surface area contributed by atoms with Crippen LogP contribution >= 0.6 is 11.5 Å². The van der Waals surface area contributed by atoms with Crippen molar-refractivity contribution < 1.29 is 9.59 Å². The van der Waals surface area contributed by atoms with E-state index in [-0.39, 0.29) is 17.9 Å². The Bertz CT molecular complexity index is 495. The highest BCUT2D eigenvalue weighted by Gasteiger charge is 2.27. The molecule has 6 nitrogen and oxygen atoms in total. The molecule has 1 aromatic heterocycles. The summed E-state index contributed by atoms with van der Waals surface area (Å²) in [7, 11) is 0. The quantitative estimate of drug-likeness (QED) is 0.897. The van der Waals surface area contributed by atoms with Crippen LogP contribution in [0.4, 0.5) is 0 Å². The Morgan fingerprint density at radius 1 is 1.33 bits per heavy atom. The molecular formula is C14H22N4O2S. The van der Waals surface area contributed by atoms with Gasteiger partial charge in [0, 0.05) is 25.6 Å². The van der Waals surface area contributed by atoms with E-state index < -0.39 is 0 Å². The van der Waals surface area contributed by atoms with Crippen LogP contribution in [0.1, 0.15) is 54.9 Å². The largest absolute Gasteiger partial charge is 0.353 e. The van der Waals surface area contributed by atoms with Crippen molar-refractivity contribution in [2.75, 3.05) is 13.1 Å². The lowest BCUT2D eigenvalue weighted by atomic mass is 10.0. The second-order valence-corrected chi connectivity index (χ2v) is 6.04. The second-order valence-electron chi connectivity index (χ2n) is 5.29. The molecule has 7 heteroatoms. The Morgan fingerprint density at radius 3 is 2.67 bits per heavy atom. The van der Waals surface area contributed by atoms with Crippen molar-refractivity contribution in [1.82, 2.24) is 19.8 Å². The fourth-order valence-electron chi connectivity index (χ4n) is 2.50. The predicted octanol–water partition coefficient (Wildman–Crippen LogP) is 1.62. The first-order valence-corrected chi connectivity index (χ1v) is 8.32. The number of amides is 2. The summed E-state index contributed by atoms with van der Waals surface area (Å²) in [6.45, 7) is 5.33. The summed E-state index contributed by atoms with van der Waals surface area (Å²) in [5.74, 6) is 0.141. The third-order valence-electron chi connectivity index (χ3n) is 3.71. The number of likely N-dealkylation sites (tertiary alicyclic amines) is 1. The molecule has 1 saturated heterocycles. The van der Waals surface area contributed by atoms with E-state index in [2.05, 4.69) is 14.9 Å². The molecule has 21 heavy (non-hydrogen) atoms. The van der Waals surface area contributed by atoms with Gasteiger partial charge in [0.05, 0.1) is 5.69 Å². The molecule has 1 fully saturated rings. The van der Waals surface area contributed by atoms with Gasteiger partial charge in [0.2, 0.25) is 5.91 Å². The zero-order valence-corrected chi connectivity index (χ0v) is 13.4. The van der Waals surface area contributed by atoms with E-state index in [9.17, 15) is 9.59 Å². The van der Waals surface area contributed by atoms with E-state index in [4.69, 9.17) is 0 Å². The number of carbonyl (C=O) groups is 2. The van der Waals surface area contributed by atoms with Crippen LogP contribution in [0.2, 0.25) is 0 Å². The minimum absolute atomic E-state index is 0.0279. The van der Waals surface area contributed by atoms with Crippen molar-refractivity contribution in [2.45, 2.75) is 52.0 Å². The topological polar surface area (TPSA) is 75.2 Å². The van der Waals surface area contributed by atoms with Crippen LogP contribution < -0.4 is 5.32 Å². The van der Waals surface area contributed by atoms with Crippen LogP contribution in [-0.4, -0.2) is 45.4 Å². The SMILES string of the molecule is CCCC(=O)NC1CCN(C(=O)c2snnc2CC)CC1. The number of carbonyl (C=O) groups excluding carboxylic acids is 2. The van der Waals surface area contributed by atoms with E-state index in [0.29, 0.717) is 24.4 Å². The van der Waals surface area contributed by atoms with Crippen LogP contribution in [0.25, 0.3) is 0 Å². The molecule has 0 bridgehead atoms. The van der Waals surface area contributed by atoms with Gasteiger partial charge in [-0.25, -0.2) is 0 Å². The number of nitrogens with zero attached hydrogens (tertiary/aromatic N) is 3. The number of aryl methyl sites for hydroxylation is 1. The van der Waals surface area contributed by atoms with Gasteiger partial charge in [-0.2, -0.15) is 0 Å². The van der Waals surface area contributed by atoms with E-state index in [1.807, 2.05) is 18.7 Å². The fraction of sp³-hybridized carbons (Fsp3) is 0.714. The molecule has 1 aromatic rings. The monoisotopic (exact) mass is 310 g/mol. The highest BCUT2D eigenvalue weighted by molar-refractivity contribution is 7.08. The van der Waals surface area contributed by atoms with Crippen LogP contribution in [-0.2, 0) is 11.2 Å². The molecule has 1 aliphatic heterocycles. The van der Waals surface area contributed by atoms with Gasteiger partial charge in [-0.1, -0.05) is 18.3 Å². The van der Waals surface area contributed by atoms with E-state index in [0.717, 1.165) is 31.4 Å². The summed E-state index contributed by atoms with van der Waals surface area (Å²) >= 11 is 1.17. The number of aromatic nitrogens is 2. The number of hydrogen-bond acceptors (Lipinski definition) is 5. The van der Waals surface area contributed by atoms with Crippen molar-refractivity contribution >= 4 is 23.3 Å². The first kappa shape index (κ1) is 15.9. The molecule has 2 heterocycles. The molecule has 0 unspecified atom stereocenters. The van der Waals surface area contributed by atoms with Crippen molar-refractivity contribution in [3.05, 3.63) is 10.6 Å². The molecule has 0 saturated carbocycles. The first-order chi connectivity index (χ1) is 10.2. The van der Waals surface area contributed by atoms with Gasteiger partial charge in [-0.05, 0) is 37.2 Å². The Labute approximate surface area is 129 Å². The Hall–Kier alpha value is -1.50. The average molecular weight is 310 g/mol. The highest BCUT2D eigenvalue weighted by atomic mass is 32.1. The minimum atomic E-state index is 0.0279. The number of hydrogen-bond donors (Lipinski definition) is 1. The summed E-state index contributed by atoms with van der Waals surface area (Å²) in [4.78, 5) is 26.5. The second kappa shape index (κ2) is 7.49. The molecule has 0 spiro atoms. The Balaban J connectivity index is 1.86. The molecule has 0 aliphatic carbocycles. The molecule has 0 aromatic carbocycles. The minimum Gasteiger partial charge on any atom is -0.353 e. The maximum atomic E-state index is 12.4. The summed E-state index contributed by atoms with van der Waals surface area (Å²) in [6.07, 6.45) is 3.79. The molecule has 0 radical (unpaired) electrons. The molecule has 1 N–H and O–H groups in total. The van der Waals surface area contributed by atoms with Crippen LogP contribution in [0, 0.1) is 0 Å². The summed E-state index contributed by atoms with van der Waals surface area (Å²) in [5.41, 5.74) is 0.781. The Morgan fingerprint density at radius 2 is 2.05 bits per heavy atom. The maximum Gasteiger partial charge on any atom is 0.267 e. The summed E-state index contributed by atoms with van der Waals surface area (Å²) < 4.78 is 3.87. The molecule has 1 aliphatic rings. The average Bonchev–Trinajstić information content (AvgIpc) is 2.96. The molecule has 2 rings (SSSR count). The zero-order chi connectivity index (χ0) is 15.2. The highest BCUT2D eigenvalue weighted by Crippen LogP contribution is 2.18. The molecular weight excluding hydrogens is 288 g/mol. The zero-order valence-electron chi connectivity index (χ0n) is 12.6. The van der Waals surface area contributed by atoms with Gasteiger partial charge < -0.3 is 10.2 Å². The smallest absolute Gasteiger partial charge is 0.267 e. The van der Waals surface area contributed by atoms with E-state index >= 15 is 0 Å². The standard InChI is InChI=1S/C14H22N4O2S/c1-3-5-12(19)15-10-6-8-18(9-7-10)14(20)13-11(4-2)16-17-21-13/h10H,3-9H2,1-2H3,(H,15,19). The lowest BCUT2D eigenvalue weighted by Crippen LogP contribution is -2.46. The Kier molecular flexibility index (Phi) is 5.67. The van der Waals surface area contributed by atoms with Crippen molar-refractivity contribution in [3.8, 4) is 0 Å². The van der Waals surface area contributed by atoms with Gasteiger partial charge in [0.25, 0.3) is 5.91 Å². The van der Waals surface area contributed by atoms with Crippen LogP contribution in [0.3, 0.4) is 0 Å². The molecule has 0 atom stereocenters. The van der Waals surface area contributed by atoms with Gasteiger partial charge in [0.1, 0.15) is 4.88 Å². The molecule has 2 amide bonds. The fourth-order valence-corrected chi connectivity index (χ4v) is 3.22. The summed E-state index contributed by atoms with van der Waals surface area (Å²) in [5, 5.41) is 7.03. The van der Waals surface area contributed by atoms with Gasteiger partial charge in [-0.15, -0.1) is 5.10 Å². The van der Waals surface area contributed by atoms with Crippen molar-refractivity contribution in [2.24, 2.45) is 0 Å². The van der Waals surface area contributed by atoms with Crippen molar-refractivity contribution in [1.29, 1.82) is 0 Å². The van der Waals surface area contributed by atoms with Crippen LogP contribution in [0.5, 0.6) is 0 Å². The van der Waals surface area contributed by atoms with Gasteiger partial charge >= 0.3 is 0 Å². The van der Waals surface area contributed by atoms with E-state index in [1.165, 1.54) is 11.5 Å². The van der Waals surface area contributed by atoms with Gasteiger partial charge in [0.15, 0.2) is 0 Å². The van der Waals surface area contributed by atoms with Crippen molar-refractivity contribution in [3.63, 3.8) is 0 Å². The number of nitrogens with one attached hydrogen (secondary N) is 1. The molecule has 116 valence electrons. The van der Waals surface area contributed by atoms with Crippen LogP contribution in [0.15, 0.2) is 0 Å². The first-order valence-electron chi connectivity index (χ1n) is 7.55. The van der Waals surface area contributed by atoms with E-state index in [1.54, 1.807) is 0 Å². The third-order valence-corrected chi connectivity index (χ3v) is 4.47. The lowest BCUT2D eigenvalue weighted by Gasteiger charge is -2.32. The normalized spacial score (nSPS) is 16.0. The number of rotatable bonds is 5. The lowest BCUT2D eigenvalue weighted by molar-refractivity contribution is -0.122. The predicted molar refractivity (Wildman–Crippen MR) is 81.3 cm³/mol. The summed E-state index contributed by atoms with van der Waals surface area (Å²) in [6, 6.07) is 0.193. The van der Waals surface area contributed by atoms with Gasteiger partial charge in [-0.3, -0.25) is 9.59 Å².